The molecule has 0 unspecified atom stereocenters. The maximum Gasteiger partial charge on any atom is 0.255 e. The van der Waals surface area contributed by atoms with E-state index in [1.165, 1.54) is 0 Å². The highest BCUT2D eigenvalue weighted by Crippen LogP contribution is 2.16. The summed E-state index contributed by atoms with van der Waals surface area (Å²) in [5.74, 6) is 2.51. The Bertz CT molecular complexity index is 735. The van der Waals surface area contributed by atoms with Crippen molar-refractivity contribution in [1.82, 2.24) is 0 Å². The van der Waals surface area contributed by atoms with E-state index in [0.717, 1.165) is 33.6 Å². The molecular weight excluding hydrogens is 311 g/mol. The summed E-state index contributed by atoms with van der Waals surface area (Å²) in [7, 11) is 5.08. The fourth-order valence-corrected chi connectivity index (χ4v) is 3.22. The summed E-state index contributed by atoms with van der Waals surface area (Å²) in [4.78, 5) is 0. The van der Waals surface area contributed by atoms with Gasteiger partial charge in [0.15, 0.2) is 0 Å². The number of benzene rings is 3. The summed E-state index contributed by atoms with van der Waals surface area (Å²) in [5, 5.41) is 0. The van der Waals surface area contributed by atoms with E-state index < -0.39 is 0 Å². The zero-order valence-electron chi connectivity index (χ0n) is 14.7. The Morgan fingerprint density at radius 3 is 1.04 bits per heavy atom. The van der Waals surface area contributed by atoms with E-state index in [-0.39, 0.29) is 6.71 Å². The molecule has 0 saturated heterocycles. The van der Waals surface area contributed by atoms with Crippen molar-refractivity contribution in [3.05, 3.63) is 72.8 Å². The molecule has 3 aromatic rings. The van der Waals surface area contributed by atoms with Crippen molar-refractivity contribution >= 4 is 23.1 Å². The monoisotopic (exact) mass is 332 g/mol. The van der Waals surface area contributed by atoms with E-state index >= 15 is 0 Å². The van der Waals surface area contributed by atoms with Gasteiger partial charge in [-0.15, -0.1) is 0 Å². The number of ether oxygens (including phenoxy) is 3. The van der Waals surface area contributed by atoms with Crippen LogP contribution in [0.15, 0.2) is 72.8 Å². The van der Waals surface area contributed by atoms with Crippen LogP contribution in [0.25, 0.3) is 0 Å². The average Bonchev–Trinajstić information content (AvgIpc) is 2.69. The van der Waals surface area contributed by atoms with Crippen LogP contribution in [0.4, 0.5) is 0 Å². The van der Waals surface area contributed by atoms with Crippen LogP contribution >= 0.6 is 0 Å². The molecule has 0 spiro atoms. The molecule has 0 heterocycles. The molecule has 0 N–H and O–H groups in total. The molecule has 4 heteroatoms. The largest absolute Gasteiger partial charge is 0.497 e. The van der Waals surface area contributed by atoms with E-state index in [9.17, 15) is 0 Å². The molecule has 0 atom stereocenters. The van der Waals surface area contributed by atoms with Crippen molar-refractivity contribution in [1.29, 1.82) is 0 Å². The zero-order chi connectivity index (χ0) is 17.6. The Morgan fingerprint density at radius 1 is 0.480 bits per heavy atom. The first-order chi connectivity index (χ1) is 12.3. The van der Waals surface area contributed by atoms with Crippen molar-refractivity contribution in [2.45, 2.75) is 0 Å². The maximum atomic E-state index is 5.63. The molecule has 0 aromatic heterocycles. The molecule has 0 amide bonds. The van der Waals surface area contributed by atoms with Gasteiger partial charge in [0.2, 0.25) is 0 Å². The first-order valence-corrected chi connectivity index (χ1v) is 8.19. The molecular formula is C21H21BO3. The molecule has 0 radical (unpaired) electrons. The summed E-state index contributed by atoms with van der Waals surface area (Å²) >= 11 is 0. The third-order valence-corrected chi connectivity index (χ3v) is 4.35. The molecule has 0 aliphatic carbocycles. The lowest BCUT2D eigenvalue weighted by atomic mass is 9.36. The standard InChI is InChI=1S/C21H21BO3/c1-23-19-13-7-4-10-16(19)22(17-11-5-8-14-20(17)24-2)18-12-6-9-15-21(18)25-3/h4-15H,1-3H3. The molecule has 0 aliphatic rings. The predicted molar refractivity (Wildman–Crippen MR) is 104 cm³/mol. The second kappa shape index (κ2) is 7.80. The average molecular weight is 332 g/mol. The molecule has 0 aliphatic heterocycles. The van der Waals surface area contributed by atoms with Crippen LogP contribution < -0.4 is 30.6 Å². The van der Waals surface area contributed by atoms with E-state index in [2.05, 4.69) is 18.2 Å². The van der Waals surface area contributed by atoms with Gasteiger partial charge in [-0.05, 0) is 34.6 Å². The fraction of sp³-hybridized carbons (Fsp3) is 0.143. The lowest BCUT2D eigenvalue weighted by Gasteiger charge is -2.22. The summed E-state index contributed by atoms with van der Waals surface area (Å²) in [6.45, 7) is -0.0663. The number of rotatable bonds is 6. The van der Waals surface area contributed by atoms with E-state index in [1.54, 1.807) is 21.3 Å². The second-order valence-electron chi connectivity index (χ2n) is 5.66. The molecule has 0 bridgehead atoms. The Balaban J connectivity index is 2.29. The van der Waals surface area contributed by atoms with Gasteiger partial charge in [-0.3, -0.25) is 0 Å². The van der Waals surface area contributed by atoms with Crippen LogP contribution in [0.5, 0.6) is 17.2 Å². The number of methoxy groups -OCH3 is 3. The third kappa shape index (κ3) is 3.34. The van der Waals surface area contributed by atoms with Crippen molar-refractivity contribution in [2.24, 2.45) is 0 Å². The minimum absolute atomic E-state index is 0.0663. The van der Waals surface area contributed by atoms with Crippen LogP contribution in [0.3, 0.4) is 0 Å². The second-order valence-corrected chi connectivity index (χ2v) is 5.66. The molecule has 3 nitrogen and oxygen atoms in total. The molecule has 0 saturated carbocycles. The SMILES string of the molecule is COc1ccccc1B(c1ccccc1OC)c1ccccc1OC. The molecule has 0 fully saturated rings. The van der Waals surface area contributed by atoms with E-state index in [0.29, 0.717) is 0 Å². The highest BCUT2D eigenvalue weighted by Gasteiger charge is 2.29. The van der Waals surface area contributed by atoms with Gasteiger partial charge in [-0.2, -0.15) is 0 Å². The summed E-state index contributed by atoms with van der Waals surface area (Å²) in [6, 6.07) is 24.2. The predicted octanol–water partition coefficient (Wildman–Crippen LogP) is 2.23. The van der Waals surface area contributed by atoms with Gasteiger partial charge in [0.1, 0.15) is 17.2 Å². The maximum absolute atomic E-state index is 5.63. The van der Waals surface area contributed by atoms with Crippen molar-refractivity contribution < 1.29 is 14.2 Å². The lowest BCUT2D eigenvalue weighted by Crippen LogP contribution is -2.53. The quantitative estimate of drug-likeness (QED) is 0.648. The molecule has 25 heavy (non-hydrogen) atoms. The summed E-state index contributed by atoms with van der Waals surface area (Å²) in [6.07, 6.45) is 0. The van der Waals surface area contributed by atoms with Gasteiger partial charge in [-0.1, -0.05) is 54.6 Å². The topological polar surface area (TPSA) is 27.7 Å². The minimum atomic E-state index is -0.0663. The molecule has 126 valence electrons. The van der Waals surface area contributed by atoms with Crippen LogP contribution in [0.2, 0.25) is 0 Å². The Labute approximate surface area is 149 Å². The normalized spacial score (nSPS) is 10.2. The van der Waals surface area contributed by atoms with Gasteiger partial charge in [0.05, 0.1) is 21.3 Å². The summed E-state index contributed by atoms with van der Waals surface area (Å²) < 4.78 is 16.9. The van der Waals surface area contributed by atoms with Gasteiger partial charge in [-0.25, -0.2) is 0 Å². The van der Waals surface area contributed by atoms with E-state index in [4.69, 9.17) is 14.2 Å². The highest BCUT2D eigenvalue weighted by atomic mass is 16.5. The van der Waals surface area contributed by atoms with Crippen LogP contribution in [0, 0.1) is 0 Å². The van der Waals surface area contributed by atoms with Crippen LogP contribution in [0.1, 0.15) is 0 Å². The summed E-state index contributed by atoms with van der Waals surface area (Å²) in [5.41, 5.74) is 3.21. The number of hydrogen-bond donors (Lipinski definition) is 0. The van der Waals surface area contributed by atoms with Gasteiger partial charge < -0.3 is 14.2 Å². The Hall–Kier alpha value is -2.88. The van der Waals surface area contributed by atoms with Crippen LogP contribution in [-0.2, 0) is 0 Å². The van der Waals surface area contributed by atoms with Gasteiger partial charge in [0.25, 0.3) is 6.71 Å². The van der Waals surface area contributed by atoms with Crippen LogP contribution in [-0.4, -0.2) is 28.0 Å². The first-order valence-electron chi connectivity index (χ1n) is 8.19. The smallest absolute Gasteiger partial charge is 0.255 e. The molecule has 3 rings (SSSR count). The first kappa shape index (κ1) is 17.0. The van der Waals surface area contributed by atoms with Gasteiger partial charge >= 0.3 is 0 Å². The number of hydrogen-bond acceptors (Lipinski definition) is 3. The van der Waals surface area contributed by atoms with E-state index in [1.807, 2.05) is 54.6 Å². The molecule has 3 aromatic carbocycles. The lowest BCUT2D eigenvalue weighted by molar-refractivity contribution is 0.416. The highest BCUT2D eigenvalue weighted by molar-refractivity contribution is 6.97. The Morgan fingerprint density at radius 2 is 0.760 bits per heavy atom. The number of para-hydroxylation sites is 3. The van der Waals surface area contributed by atoms with Crippen molar-refractivity contribution in [3.63, 3.8) is 0 Å². The zero-order valence-corrected chi connectivity index (χ0v) is 14.7. The van der Waals surface area contributed by atoms with Crippen molar-refractivity contribution in [3.8, 4) is 17.2 Å². The minimum Gasteiger partial charge on any atom is -0.497 e. The fourth-order valence-electron chi connectivity index (χ4n) is 3.22. The Kier molecular flexibility index (Phi) is 5.29. The van der Waals surface area contributed by atoms with Crippen molar-refractivity contribution in [2.75, 3.05) is 21.3 Å². The van der Waals surface area contributed by atoms with Gasteiger partial charge in [0, 0.05) is 0 Å². The third-order valence-electron chi connectivity index (χ3n) is 4.35.